The zero-order valence-electron chi connectivity index (χ0n) is 8.42. The molecule has 1 N–H and O–H groups in total. The Labute approximate surface area is 96.8 Å². The number of nitrogens with zero attached hydrogens (tertiary/aromatic N) is 2. The molecular weight excluding hydrogens is 218 g/mol. The Bertz CT molecular complexity index is 521. The zero-order chi connectivity index (χ0) is 10.8. The molecule has 0 atom stereocenters. The molecule has 3 aromatic rings. The third-order valence-electron chi connectivity index (χ3n) is 2.35. The molecule has 0 saturated heterocycles. The van der Waals surface area contributed by atoms with E-state index in [-0.39, 0.29) is 0 Å². The summed E-state index contributed by atoms with van der Waals surface area (Å²) in [5, 5.41) is 9.94. The van der Waals surface area contributed by atoms with Crippen LogP contribution in [0.2, 0.25) is 0 Å². The summed E-state index contributed by atoms with van der Waals surface area (Å²) in [6.07, 6.45) is 3.58. The van der Waals surface area contributed by atoms with Crippen molar-refractivity contribution < 1.29 is 0 Å². The van der Waals surface area contributed by atoms with Gasteiger partial charge in [0.25, 0.3) is 0 Å². The summed E-state index contributed by atoms with van der Waals surface area (Å²) < 4.78 is 0. The summed E-state index contributed by atoms with van der Waals surface area (Å²) in [5.74, 6) is 0. The molecule has 0 radical (unpaired) electrons. The van der Waals surface area contributed by atoms with Crippen LogP contribution in [0.25, 0.3) is 21.8 Å². The van der Waals surface area contributed by atoms with Crippen LogP contribution in [-0.4, -0.2) is 15.2 Å². The largest absolute Gasteiger partial charge is 0.278 e. The van der Waals surface area contributed by atoms with E-state index in [0.29, 0.717) is 0 Å². The van der Waals surface area contributed by atoms with Gasteiger partial charge in [0.1, 0.15) is 5.01 Å². The highest BCUT2D eigenvalue weighted by molar-refractivity contribution is 7.13. The molecule has 1 aromatic carbocycles. The average Bonchev–Trinajstić information content (AvgIpc) is 3.03. The molecular formula is C12H9N3S. The fraction of sp³-hybridized carbons (Fsp3) is 0. The first kappa shape index (κ1) is 9.30. The maximum Gasteiger partial charge on any atom is 0.123 e. The van der Waals surface area contributed by atoms with Crippen molar-refractivity contribution in [2.75, 3.05) is 0 Å². The van der Waals surface area contributed by atoms with Crippen LogP contribution in [0.5, 0.6) is 0 Å². The second-order valence-corrected chi connectivity index (χ2v) is 4.28. The molecule has 2 heterocycles. The quantitative estimate of drug-likeness (QED) is 0.730. The minimum absolute atomic E-state index is 1.03. The molecule has 0 aliphatic rings. The van der Waals surface area contributed by atoms with Crippen molar-refractivity contribution in [3.8, 4) is 21.8 Å². The van der Waals surface area contributed by atoms with Gasteiger partial charge < -0.3 is 0 Å². The minimum atomic E-state index is 1.03. The van der Waals surface area contributed by atoms with Crippen molar-refractivity contribution in [1.29, 1.82) is 0 Å². The Morgan fingerprint density at radius 1 is 1.06 bits per heavy atom. The first-order valence-corrected chi connectivity index (χ1v) is 5.81. The van der Waals surface area contributed by atoms with Crippen molar-refractivity contribution in [3.05, 3.63) is 48.1 Å². The smallest absolute Gasteiger partial charge is 0.123 e. The van der Waals surface area contributed by atoms with Crippen LogP contribution in [0.1, 0.15) is 0 Å². The second kappa shape index (κ2) is 3.90. The molecule has 2 aromatic heterocycles. The van der Waals surface area contributed by atoms with E-state index < -0.39 is 0 Å². The Balaban J connectivity index is 2.07. The van der Waals surface area contributed by atoms with Gasteiger partial charge in [0.05, 0.1) is 5.69 Å². The predicted octanol–water partition coefficient (Wildman–Crippen LogP) is 3.20. The van der Waals surface area contributed by atoms with Crippen LogP contribution in [0, 0.1) is 0 Å². The summed E-state index contributed by atoms with van der Waals surface area (Å²) in [7, 11) is 0. The number of aromatic nitrogens is 3. The van der Waals surface area contributed by atoms with Gasteiger partial charge in [0.2, 0.25) is 0 Å². The first-order valence-electron chi connectivity index (χ1n) is 4.93. The van der Waals surface area contributed by atoms with E-state index in [2.05, 4.69) is 33.4 Å². The summed E-state index contributed by atoms with van der Waals surface area (Å²) >= 11 is 1.65. The molecule has 0 unspecified atom stereocenters. The van der Waals surface area contributed by atoms with E-state index in [1.807, 2.05) is 23.7 Å². The van der Waals surface area contributed by atoms with E-state index in [0.717, 1.165) is 21.8 Å². The van der Waals surface area contributed by atoms with Gasteiger partial charge in [-0.3, -0.25) is 5.10 Å². The molecule has 0 fully saturated rings. The number of H-pyrrole nitrogens is 1. The van der Waals surface area contributed by atoms with Crippen molar-refractivity contribution in [1.82, 2.24) is 15.2 Å². The van der Waals surface area contributed by atoms with Crippen molar-refractivity contribution in [3.63, 3.8) is 0 Å². The molecule has 3 rings (SSSR count). The lowest BCUT2D eigenvalue weighted by atomic mass is 10.1. The molecule has 0 aliphatic carbocycles. The molecule has 78 valence electrons. The lowest BCUT2D eigenvalue weighted by Gasteiger charge is -2.00. The fourth-order valence-electron chi connectivity index (χ4n) is 1.60. The van der Waals surface area contributed by atoms with Gasteiger partial charge >= 0.3 is 0 Å². The number of benzene rings is 1. The van der Waals surface area contributed by atoms with Crippen LogP contribution in [0.4, 0.5) is 0 Å². The van der Waals surface area contributed by atoms with Gasteiger partial charge in [-0.25, -0.2) is 4.98 Å². The number of hydrogen-bond donors (Lipinski definition) is 1. The number of thiazole rings is 1. The summed E-state index contributed by atoms with van der Waals surface area (Å²) in [4.78, 5) is 4.30. The van der Waals surface area contributed by atoms with Crippen molar-refractivity contribution in [2.24, 2.45) is 0 Å². The molecule has 3 nitrogen and oxygen atoms in total. The molecule has 0 spiro atoms. The predicted molar refractivity (Wildman–Crippen MR) is 65.1 cm³/mol. The van der Waals surface area contributed by atoms with Gasteiger partial charge in [-0.15, -0.1) is 11.3 Å². The monoisotopic (exact) mass is 227 g/mol. The first-order chi connectivity index (χ1) is 7.93. The number of aromatic amines is 1. The van der Waals surface area contributed by atoms with Crippen LogP contribution in [0.15, 0.2) is 48.1 Å². The second-order valence-electron chi connectivity index (χ2n) is 3.39. The Kier molecular flexibility index (Phi) is 2.27. The summed E-state index contributed by atoms with van der Waals surface area (Å²) in [6, 6.07) is 10.2. The SMILES string of the molecule is c1cc(-c2ccn[nH]2)cc(-c2nccs2)c1. The van der Waals surface area contributed by atoms with E-state index in [1.54, 1.807) is 17.5 Å². The lowest BCUT2D eigenvalue weighted by Crippen LogP contribution is -1.80. The lowest BCUT2D eigenvalue weighted by molar-refractivity contribution is 1.10. The van der Waals surface area contributed by atoms with Gasteiger partial charge in [-0.2, -0.15) is 5.10 Å². The van der Waals surface area contributed by atoms with E-state index >= 15 is 0 Å². The fourth-order valence-corrected chi connectivity index (χ4v) is 2.24. The van der Waals surface area contributed by atoms with E-state index in [4.69, 9.17) is 0 Å². The average molecular weight is 227 g/mol. The van der Waals surface area contributed by atoms with Crippen molar-refractivity contribution >= 4 is 11.3 Å². The third-order valence-corrected chi connectivity index (χ3v) is 3.18. The van der Waals surface area contributed by atoms with Gasteiger partial charge in [-0.05, 0) is 12.1 Å². The standard InChI is InChI=1S/C12H9N3S/c1-2-9(11-4-5-14-15-11)8-10(3-1)12-13-6-7-16-12/h1-8H,(H,14,15). The highest BCUT2D eigenvalue weighted by Gasteiger charge is 2.03. The van der Waals surface area contributed by atoms with Gasteiger partial charge in [-0.1, -0.05) is 18.2 Å². The number of hydrogen-bond acceptors (Lipinski definition) is 3. The number of nitrogens with one attached hydrogen (secondary N) is 1. The van der Waals surface area contributed by atoms with Gasteiger partial charge in [0.15, 0.2) is 0 Å². The van der Waals surface area contributed by atoms with E-state index in [1.165, 1.54) is 0 Å². The Hall–Kier alpha value is -1.94. The zero-order valence-corrected chi connectivity index (χ0v) is 9.24. The van der Waals surface area contributed by atoms with Crippen LogP contribution < -0.4 is 0 Å². The molecule has 0 saturated carbocycles. The highest BCUT2D eigenvalue weighted by Crippen LogP contribution is 2.26. The maximum absolute atomic E-state index is 4.30. The summed E-state index contributed by atoms with van der Waals surface area (Å²) in [5.41, 5.74) is 3.30. The molecule has 0 aliphatic heterocycles. The number of rotatable bonds is 2. The molecule has 0 bridgehead atoms. The summed E-state index contributed by atoms with van der Waals surface area (Å²) in [6.45, 7) is 0. The van der Waals surface area contributed by atoms with Crippen molar-refractivity contribution in [2.45, 2.75) is 0 Å². The molecule has 0 amide bonds. The van der Waals surface area contributed by atoms with Crippen LogP contribution in [0.3, 0.4) is 0 Å². The highest BCUT2D eigenvalue weighted by atomic mass is 32.1. The molecule has 4 heteroatoms. The Morgan fingerprint density at radius 2 is 2.00 bits per heavy atom. The Morgan fingerprint density at radius 3 is 2.75 bits per heavy atom. The third kappa shape index (κ3) is 1.63. The molecule has 16 heavy (non-hydrogen) atoms. The topological polar surface area (TPSA) is 41.6 Å². The van der Waals surface area contributed by atoms with Crippen LogP contribution in [-0.2, 0) is 0 Å². The minimum Gasteiger partial charge on any atom is -0.278 e. The van der Waals surface area contributed by atoms with Gasteiger partial charge in [0, 0.05) is 28.9 Å². The van der Waals surface area contributed by atoms with Crippen LogP contribution >= 0.6 is 11.3 Å². The maximum atomic E-state index is 4.30. The normalized spacial score (nSPS) is 10.5. The van der Waals surface area contributed by atoms with E-state index in [9.17, 15) is 0 Å².